The molecule has 2 heterocycles. The first-order valence-corrected chi connectivity index (χ1v) is 4.40. The molecule has 2 rings (SSSR count). The Morgan fingerprint density at radius 1 is 1.40 bits per heavy atom. The van der Waals surface area contributed by atoms with Gasteiger partial charge in [0.2, 0.25) is 0 Å². The molecule has 0 bridgehead atoms. The van der Waals surface area contributed by atoms with Crippen LogP contribution in [0.3, 0.4) is 0 Å². The van der Waals surface area contributed by atoms with Crippen molar-refractivity contribution in [2.45, 2.75) is 6.61 Å². The minimum atomic E-state index is -0.448. The number of nitrogens with zero attached hydrogens (tertiary/aromatic N) is 3. The molecule has 0 aromatic carbocycles. The number of carbonyl (C=O) groups excluding carboxylic acids is 1. The lowest BCUT2D eigenvalue weighted by molar-refractivity contribution is 0.141. The van der Waals surface area contributed by atoms with Crippen LogP contribution in [-0.2, 0) is 11.3 Å². The number of aromatic nitrogens is 3. The Bertz CT molecular complexity index is 425. The molecule has 5 nitrogen and oxygen atoms in total. The Morgan fingerprint density at radius 3 is 3.00 bits per heavy atom. The second kappa shape index (κ2) is 4.36. The van der Waals surface area contributed by atoms with E-state index in [4.69, 9.17) is 4.74 Å². The summed E-state index contributed by atoms with van der Waals surface area (Å²) in [5, 5.41) is 0. The van der Waals surface area contributed by atoms with Crippen molar-refractivity contribution in [1.29, 1.82) is 0 Å². The topological polar surface area (TPSA) is 57.0 Å². The van der Waals surface area contributed by atoms with Crippen LogP contribution in [0.4, 0.5) is 4.79 Å². The maximum absolute atomic E-state index is 11.4. The molecule has 2 aromatic heterocycles. The van der Waals surface area contributed by atoms with E-state index < -0.39 is 6.09 Å². The van der Waals surface area contributed by atoms with Crippen molar-refractivity contribution in [2.75, 3.05) is 0 Å². The standard InChI is InChI=1S/C10H9N3O2/c14-10(13-5-4-12-8-13)15-7-9-2-1-3-11-6-9/h1-6,8H,7H2. The Balaban J connectivity index is 1.92. The summed E-state index contributed by atoms with van der Waals surface area (Å²) in [6, 6.07) is 3.63. The van der Waals surface area contributed by atoms with Crippen molar-refractivity contribution in [2.24, 2.45) is 0 Å². The third-order valence-corrected chi connectivity index (χ3v) is 1.80. The molecule has 0 atom stereocenters. The van der Waals surface area contributed by atoms with Gasteiger partial charge in [-0.25, -0.2) is 14.3 Å². The number of rotatable bonds is 2. The second-order valence-corrected chi connectivity index (χ2v) is 2.89. The van der Waals surface area contributed by atoms with Gasteiger partial charge in [-0.3, -0.25) is 4.98 Å². The van der Waals surface area contributed by atoms with E-state index in [2.05, 4.69) is 9.97 Å². The van der Waals surface area contributed by atoms with Crippen LogP contribution < -0.4 is 0 Å². The fraction of sp³-hybridized carbons (Fsp3) is 0.100. The van der Waals surface area contributed by atoms with Crippen LogP contribution in [0.25, 0.3) is 0 Å². The lowest BCUT2D eigenvalue weighted by atomic mass is 10.3. The fourth-order valence-corrected chi connectivity index (χ4v) is 1.07. The van der Waals surface area contributed by atoms with Gasteiger partial charge in [0.25, 0.3) is 0 Å². The average molecular weight is 203 g/mol. The van der Waals surface area contributed by atoms with E-state index in [0.29, 0.717) is 0 Å². The van der Waals surface area contributed by atoms with Crippen molar-refractivity contribution < 1.29 is 9.53 Å². The fourth-order valence-electron chi connectivity index (χ4n) is 1.07. The van der Waals surface area contributed by atoms with E-state index in [-0.39, 0.29) is 6.61 Å². The molecule has 0 N–H and O–H groups in total. The zero-order chi connectivity index (χ0) is 10.5. The van der Waals surface area contributed by atoms with E-state index in [1.165, 1.54) is 23.3 Å². The zero-order valence-electron chi connectivity index (χ0n) is 7.91. The van der Waals surface area contributed by atoms with E-state index >= 15 is 0 Å². The predicted molar refractivity (Wildman–Crippen MR) is 52.0 cm³/mol. The molecule has 0 spiro atoms. The molecule has 5 heteroatoms. The first-order valence-electron chi connectivity index (χ1n) is 4.40. The summed E-state index contributed by atoms with van der Waals surface area (Å²) in [4.78, 5) is 19.0. The molecular weight excluding hydrogens is 194 g/mol. The normalized spacial score (nSPS) is 9.87. The second-order valence-electron chi connectivity index (χ2n) is 2.89. The molecule has 15 heavy (non-hydrogen) atoms. The minimum Gasteiger partial charge on any atom is -0.444 e. The molecule has 2 aromatic rings. The van der Waals surface area contributed by atoms with Gasteiger partial charge in [-0.1, -0.05) is 6.07 Å². The summed E-state index contributed by atoms with van der Waals surface area (Å²) >= 11 is 0. The van der Waals surface area contributed by atoms with E-state index in [1.54, 1.807) is 18.5 Å². The summed E-state index contributed by atoms with van der Waals surface area (Å²) in [7, 11) is 0. The van der Waals surface area contributed by atoms with Crippen LogP contribution >= 0.6 is 0 Å². The Kier molecular flexibility index (Phi) is 2.73. The van der Waals surface area contributed by atoms with Crippen molar-refractivity contribution >= 4 is 6.09 Å². The van der Waals surface area contributed by atoms with Crippen LogP contribution in [-0.4, -0.2) is 20.6 Å². The maximum Gasteiger partial charge on any atom is 0.419 e. The summed E-state index contributed by atoms with van der Waals surface area (Å²) in [6.45, 7) is 0.213. The minimum absolute atomic E-state index is 0.213. The summed E-state index contributed by atoms with van der Waals surface area (Å²) < 4.78 is 6.29. The highest BCUT2D eigenvalue weighted by atomic mass is 16.5. The molecule has 76 valence electrons. The van der Waals surface area contributed by atoms with Gasteiger partial charge >= 0.3 is 6.09 Å². The van der Waals surface area contributed by atoms with E-state index in [9.17, 15) is 4.79 Å². The number of pyridine rings is 1. The highest BCUT2D eigenvalue weighted by Gasteiger charge is 2.04. The quantitative estimate of drug-likeness (QED) is 0.741. The molecule has 0 saturated heterocycles. The number of imidazole rings is 1. The predicted octanol–water partition coefficient (Wildman–Crippen LogP) is 1.46. The molecule has 0 saturated carbocycles. The van der Waals surface area contributed by atoms with Crippen molar-refractivity contribution in [3.05, 3.63) is 48.8 Å². The summed E-state index contributed by atoms with van der Waals surface area (Å²) in [5.74, 6) is 0. The van der Waals surface area contributed by atoms with Gasteiger partial charge in [0, 0.05) is 30.4 Å². The number of ether oxygens (including phenoxy) is 1. The Hall–Kier alpha value is -2.17. The highest BCUT2D eigenvalue weighted by Crippen LogP contribution is 2.00. The van der Waals surface area contributed by atoms with E-state index in [1.807, 2.05) is 6.07 Å². The largest absolute Gasteiger partial charge is 0.444 e. The smallest absolute Gasteiger partial charge is 0.419 e. The van der Waals surface area contributed by atoms with Gasteiger partial charge < -0.3 is 4.74 Å². The van der Waals surface area contributed by atoms with Gasteiger partial charge in [-0.05, 0) is 6.07 Å². The summed E-state index contributed by atoms with van der Waals surface area (Å²) in [5.41, 5.74) is 0.853. The van der Waals surface area contributed by atoms with Crippen LogP contribution in [0.1, 0.15) is 5.56 Å². The monoisotopic (exact) mass is 203 g/mol. The average Bonchev–Trinajstić information content (AvgIpc) is 2.81. The first-order chi connectivity index (χ1) is 7.36. The van der Waals surface area contributed by atoms with Crippen LogP contribution in [0.15, 0.2) is 43.2 Å². The van der Waals surface area contributed by atoms with Gasteiger partial charge in [-0.2, -0.15) is 0 Å². The molecule has 0 amide bonds. The van der Waals surface area contributed by atoms with E-state index in [0.717, 1.165) is 5.56 Å². The van der Waals surface area contributed by atoms with Gasteiger partial charge in [-0.15, -0.1) is 0 Å². The lowest BCUT2D eigenvalue weighted by Gasteiger charge is -2.03. The summed E-state index contributed by atoms with van der Waals surface area (Å²) in [6.07, 6.45) is 7.32. The zero-order valence-corrected chi connectivity index (χ0v) is 7.91. The maximum atomic E-state index is 11.4. The number of carbonyl (C=O) groups is 1. The molecule has 0 unspecified atom stereocenters. The van der Waals surface area contributed by atoms with Crippen molar-refractivity contribution in [1.82, 2.24) is 14.5 Å². The van der Waals surface area contributed by atoms with Crippen molar-refractivity contribution in [3.63, 3.8) is 0 Å². The van der Waals surface area contributed by atoms with Gasteiger partial charge in [0.05, 0.1) is 0 Å². The number of hydrogen-bond donors (Lipinski definition) is 0. The Morgan fingerprint density at radius 2 is 2.33 bits per heavy atom. The molecule has 0 radical (unpaired) electrons. The molecule has 0 aliphatic rings. The lowest BCUT2D eigenvalue weighted by Crippen LogP contribution is -2.11. The van der Waals surface area contributed by atoms with Gasteiger partial charge in [0.15, 0.2) is 0 Å². The van der Waals surface area contributed by atoms with Crippen LogP contribution in [0.5, 0.6) is 0 Å². The molecule has 0 fully saturated rings. The van der Waals surface area contributed by atoms with Crippen LogP contribution in [0.2, 0.25) is 0 Å². The highest BCUT2D eigenvalue weighted by molar-refractivity contribution is 5.69. The first kappa shape index (κ1) is 9.39. The molecular formula is C10H9N3O2. The van der Waals surface area contributed by atoms with Crippen LogP contribution in [0, 0.1) is 0 Å². The SMILES string of the molecule is O=C(OCc1cccnc1)n1ccnc1. The third-order valence-electron chi connectivity index (χ3n) is 1.80. The van der Waals surface area contributed by atoms with Crippen molar-refractivity contribution in [3.8, 4) is 0 Å². The third kappa shape index (κ3) is 2.40. The Labute approximate surface area is 86.4 Å². The molecule has 0 aliphatic heterocycles. The number of hydrogen-bond acceptors (Lipinski definition) is 4. The van der Waals surface area contributed by atoms with Gasteiger partial charge in [0.1, 0.15) is 12.9 Å². The molecule has 0 aliphatic carbocycles.